The van der Waals surface area contributed by atoms with Crippen LogP contribution >= 0.6 is 11.3 Å². The van der Waals surface area contributed by atoms with E-state index < -0.39 is 0 Å². The normalized spacial score (nSPS) is 12.5. The molecule has 1 aromatic heterocycles. The minimum Gasteiger partial charge on any atom is -0.355 e. The van der Waals surface area contributed by atoms with Gasteiger partial charge in [-0.3, -0.25) is 4.79 Å². The Morgan fingerprint density at radius 1 is 1.73 bits per heavy atom. The van der Waals surface area contributed by atoms with E-state index in [1.54, 1.807) is 11.3 Å². The maximum atomic E-state index is 11.4. The third-order valence-electron chi connectivity index (χ3n) is 2.11. The van der Waals surface area contributed by atoms with Gasteiger partial charge < -0.3 is 11.1 Å². The molecule has 0 saturated carbocycles. The van der Waals surface area contributed by atoms with Gasteiger partial charge in [-0.15, -0.1) is 11.3 Å². The predicted octanol–water partition coefficient (Wildman–Crippen LogP) is 0.705. The van der Waals surface area contributed by atoms with Gasteiger partial charge in [0.2, 0.25) is 5.91 Å². The van der Waals surface area contributed by atoms with Crippen LogP contribution in [-0.4, -0.2) is 24.0 Å². The third kappa shape index (κ3) is 3.97. The number of hydrogen-bond donors (Lipinski definition) is 2. The number of carbonyl (C=O) groups excluding carboxylic acids is 1. The van der Waals surface area contributed by atoms with Crippen molar-refractivity contribution in [2.45, 2.75) is 20.3 Å². The highest BCUT2D eigenvalue weighted by molar-refractivity contribution is 7.09. The lowest BCUT2D eigenvalue weighted by Gasteiger charge is -2.08. The van der Waals surface area contributed by atoms with Gasteiger partial charge in [-0.05, 0) is 6.92 Å². The molecule has 0 aliphatic carbocycles. The largest absolute Gasteiger partial charge is 0.355 e. The lowest BCUT2D eigenvalue weighted by atomic mass is 10.2. The van der Waals surface area contributed by atoms with Gasteiger partial charge in [0.05, 0.1) is 5.01 Å². The molecule has 0 aliphatic rings. The summed E-state index contributed by atoms with van der Waals surface area (Å²) in [5.74, 6) is -0.0891. The molecule has 1 aromatic rings. The number of hydrogen-bond acceptors (Lipinski definition) is 4. The predicted molar refractivity (Wildman–Crippen MR) is 61.8 cm³/mol. The molecule has 0 spiro atoms. The van der Waals surface area contributed by atoms with Gasteiger partial charge in [-0.1, -0.05) is 6.92 Å². The topological polar surface area (TPSA) is 68.0 Å². The first kappa shape index (κ1) is 12.1. The van der Waals surface area contributed by atoms with E-state index in [-0.39, 0.29) is 11.8 Å². The van der Waals surface area contributed by atoms with Gasteiger partial charge in [-0.25, -0.2) is 4.98 Å². The van der Waals surface area contributed by atoms with Crippen LogP contribution in [0.3, 0.4) is 0 Å². The van der Waals surface area contributed by atoms with E-state index >= 15 is 0 Å². The quantitative estimate of drug-likeness (QED) is 0.778. The molecule has 1 rings (SSSR count). The number of nitrogens with zero attached hydrogens (tertiary/aromatic N) is 1. The minimum absolute atomic E-state index is 0.0192. The number of nitrogens with two attached hydrogens (primary N) is 1. The van der Waals surface area contributed by atoms with E-state index in [1.807, 2.05) is 19.2 Å². The monoisotopic (exact) mass is 227 g/mol. The number of rotatable bonds is 5. The summed E-state index contributed by atoms with van der Waals surface area (Å²) in [6.45, 7) is 4.82. The van der Waals surface area contributed by atoms with Crippen LogP contribution in [0.1, 0.15) is 17.6 Å². The van der Waals surface area contributed by atoms with Gasteiger partial charge in [0.15, 0.2) is 0 Å². The molecule has 0 fully saturated rings. The summed E-state index contributed by atoms with van der Waals surface area (Å²) >= 11 is 1.63. The fourth-order valence-electron chi connectivity index (χ4n) is 1.09. The maximum absolute atomic E-state index is 11.4. The number of aromatic nitrogens is 1. The molecule has 3 N–H and O–H groups in total. The molecule has 0 radical (unpaired) electrons. The van der Waals surface area contributed by atoms with Crippen molar-refractivity contribution in [2.75, 3.05) is 13.1 Å². The Kier molecular flexibility index (Phi) is 4.71. The first-order chi connectivity index (χ1) is 7.13. The molecule has 4 nitrogen and oxygen atoms in total. The van der Waals surface area contributed by atoms with Gasteiger partial charge >= 0.3 is 0 Å². The molecule has 84 valence electrons. The smallest absolute Gasteiger partial charge is 0.224 e. The standard InChI is InChI=1S/C10H17N3OS/c1-7(5-11)10(14)12-4-3-9-13-8(2)6-15-9/h6-7H,3-5,11H2,1-2H3,(H,12,14). The van der Waals surface area contributed by atoms with Crippen molar-refractivity contribution >= 4 is 17.2 Å². The summed E-state index contributed by atoms with van der Waals surface area (Å²) in [5, 5.41) is 5.92. The molecule has 0 saturated heterocycles. The highest BCUT2D eigenvalue weighted by Gasteiger charge is 2.09. The van der Waals surface area contributed by atoms with Crippen LogP contribution in [0.5, 0.6) is 0 Å². The van der Waals surface area contributed by atoms with Crippen LogP contribution in [-0.2, 0) is 11.2 Å². The minimum atomic E-state index is -0.108. The molecule has 0 aliphatic heterocycles. The Bertz CT molecular complexity index is 324. The molecule has 0 aromatic carbocycles. The van der Waals surface area contributed by atoms with Gasteiger partial charge in [0.1, 0.15) is 0 Å². The Balaban J connectivity index is 2.24. The SMILES string of the molecule is Cc1csc(CCNC(=O)C(C)CN)n1. The lowest BCUT2D eigenvalue weighted by molar-refractivity contribution is -0.124. The van der Waals surface area contributed by atoms with E-state index in [9.17, 15) is 4.79 Å². The van der Waals surface area contributed by atoms with E-state index in [4.69, 9.17) is 5.73 Å². The zero-order valence-corrected chi connectivity index (χ0v) is 9.93. The van der Waals surface area contributed by atoms with Gasteiger partial charge in [-0.2, -0.15) is 0 Å². The van der Waals surface area contributed by atoms with Crippen molar-refractivity contribution in [3.8, 4) is 0 Å². The third-order valence-corrected chi connectivity index (χ3v) is 3.13. The second-order valence-corrected chi connectivity index (χ2v) is 4.50. The molecule has 1 unspecified atom stereocenters. The van der Waals surface area contributed by atoms with Crippen LogP contribution < -0.4 is 11.1 Å². The van der Waals surface area contributed by atoms with Crippen molar-refractivity contribution in [1.29, 1.82) is 0 Å². The second-order valence-electron chi connectivity index (χ2n) is 3.56. The Morgan fingerprint density at radius 2 is 2.47 bits per heavy atom. The summed E-state index contributed by atoms with van der Waals surface area (Å²) in [5.41, 5.74) is 6.43. The molecule has 5 heteroatoms. The van der Waals surface area contributed by atoms with E-state index in [0.717, 1.165) is 17.1 Å². The summed E-state index contributed by atoms with van der Waals surface area (Å²) in [6, 6.07) is 0. The summed E-state index contributed by atoms with van der Waals surface area (Å²) in [7, 11) is 0. The number of thiazole rings is 1. The van der Waals surface area contributed by atoms with Crippen molar-refractivity contribution in [2.24, 2.45) is 11.7 Å². The highest BCUT2D eigenvalue weighted by Crippen LogP contribution is 2.08. The average molecular weight is 227 g/mol. The van der Waals surface area contributed by atoms with Gasteiger partial charge in [0.25, 0.3) is 0 Å². The van der Waals surface area contributed by atoms with Crippen molar-refractivity contribution in [3.05, 3.63) is 16.1 Å². The number of nitrogens with one attached hydrogen (secondary N) is 1. The molecule has 1 amide bonds. The van der Waals surface area contributed by atoms with Crippen molar-refractivity contribution in [3.63, 3.8) is 0 Å². The Morgan fingerprint density at radius 3 is 3.00 bits per heavy atom. The van der Waals surface area contributed by atoms with E-state index in [2.05, 4.69) is 10.3 Å². The van der Waals surface area contributed by atoms with E-state index in [1.165, 1.54) is 0 Å². The molecular weight excluding hydrogens is 210 g/mol. The number of aryl methyl sites for hydroxylation is 1. The van der Waals surface area contributed by atoms with E-state index in [0.29, 0.717) is 13.1 Å². The van der Waals surface area contributed by atoms with Crippen LogP contribution in [0.2, 0.25) is 0 Å². The Labute approximate surface area is 93.9 Å². The highest BCUT2D eigenvalue weighted by atomic mass is 32.1. The van der Waals surface area contributed by atoms with Crippen molar-refractivity contribution < 1.29 is 4.79 Å². The summed E-state index contributed by atoms with van der Waals surface area (Å²) in [4.78, 5) is 15.7. The Hall–Kier alpha value is -0.940. The second kappa shape index (κ2) is 5.82. The molecular formula is C10H17N3OS. The first-order valence-corrected chi connectivity index (χ1v) is 5.90. The molecule has 0 bridgehead atoms. The fourth-order valence-corrected chi connectivity index (χ4v) is 1.87. The zero-order valence-electron chi connectivity index (χ0n) is 9.12. The number of amides is 1. The number of carbonyl (C=O) groups is 1. The van der Waals surface area contributed by atoms with Crippen molar-refractivity contribution in [1.82, 2.24) is 10.3 Å². The van der Waals surface area contributed by atoms with Crippen LogP contribution in [0.4, 0.5) is 0 Å². The molecule has 15 heavy (non-hydrogen) atoms. The molecule has 1 heterocycles. The average Bonchev–Trinajstić information content (AvgIpc) is 2.63. The summed E-state index contributed by atoms with van der Waals surface area (Å²) < 4.78 is 0. The summed E-state index contributed by atoms with van der Waals surface area (Å²) in [6.07, 6.45) is 0.793. The fraction of sp³-hybridized carbons (Fsp3) is 0.600. The first-order valence-electron chi connectivity index (χ1n) is 5.02. The maximum Gasteiger partial charge on any atom is 0.224 e. The van der Waals surface area contributed by atoms with Crippen LogP contribution in [0.15, 0.2) is 5.38 Å². The van der Waals surface area contributed by atoms with Crippen LogP contribution in [0, 0.1) is 12.8 Å². The van der Waals surface area contributed by atoms with Crippen LogP contribution in [0.25, 0.3) is 0 Å². The zero-order chi connectivity index (χ0) is 11.3. The molecule has 1 atom stereocenters. The lowest BCUT2D eigenvalue weighted by Crippen LogP contribution is -2.34. The van der Waals surface area contributed by atoms with Gasteiger partial charge in [0, 0.05) is 36.5 Å².